The molecule has 1 amide bonds. The molecule has 0 aliphatic carbocycles. The summed E-state index contributed by atoms with van der Waals surface area (Å²) in [7, 11) is 0. The topological polar surface area (TPSA) is 55.6 Å². The zero-order valence-electron chi connectivity index (χ0n) is 12.8. The van der Waals surface area contributed by atoms with Crippen LogP contribution in [-0.2, 0) is 9.53 Å². The van der Waals surface area contributed by atoms with E-state index in [-0.39, 0.29) is 24.4 Å². The molecule has 20 heavy (non-hydrogen) atoms. The number of hydrogen-bond acceptors (Lipinski definition) is 3. The summed E-state index contributed by atoms with van der Waals surface area (Å²) in [6.07, 6.45) is 5.22. The fourth-order valence-corrected chi connectivity index (χ4v) is 3.13. The molecule has 2 aliphatic rings. The molecule has 1 atom stereocenters. The number of halogens is 1. The molecule has 0 aromatic carbocycles. The first-order valence-electron chi connectivity index (χ1n) is 7.62. The van der Waals surface area contributed by atoms with E-state index in [1.807, 2.05) is 4.90 Å². The van der Waals surface area contributed by atoms with E-state index in [1.54, 1.807) is 0 Å². The zero-order chi connectivity index (χ0) is 13.9. The molecule has 2 aliphatic heterocycles. The van der Waals surface area contributed by atoms with E-state index in [0.717, 1.165) is 52.0 Å². The molecule has 2 heterocycles. The number of nitrogens with two attached hydrogens (primary N) is 1. The molecule has 2 fully saturated rings. The SMILES string of the molecule is CC1(C)CCCN(C(=O)C(N)C2CCOCC2)CC1.Cl. The van der Waals surface area contributed by atoms with E-state index in [0.29, 0.717) is 11.3 Å². The molecule has 5 heteroatoms. The van der Waals surface area contributed by atoms with Crippen LogP contribution >= 0.6 is 12.4 Å². The van der Waals surface area contributed by atoms with Gasteiger partial charge in [0.2, 0.25) is 5.91 Å². The second-order valence-electron chi connectivity index (χ2n) is 6.82. The molecule has 4 nitrogen and oxygen atoms in total. The maximum absolute atomic E-state index is 12.5. The lowest BCUT2D eigenvalue weighted by atomic mass is 9.85. The number of hydrogen-bond donors (Lipinski definition) is 1. The third kappa shape index (κ3) is 4.61. The molecule has 2 rings (SSSR count). The Morgan fingerprint density at radius 3 is 2.55 bits per heavy atom. The fourth-order valence-electron chi connectivity index (χ4n) is 3.13. The summed E-state index contributed by atoms with van der Waals surface area (Å²) in [6, 6.07) is -0.329. The highest BCUT2D eigenvalue weighted by Crippen LogP contribution is 2.30. The van der Waals surface area contributed by atoms with Crippen LogP contribution in [0.25, 0.3) is 0 Å². The Hall–Kier alpha value is -0.320. The van der Waals surface area contributed by atoms with Gasteiger partial charge in [0.25, 0.3) is 0 Å². The third-order valence-corrected chi connectivity index (χ3v) is 4.71. The van der Waals surface area contributed by atoms with Gasteiger partial charge in [0, 0.05) is 26.3 Å². The van der Waals surface area contributed by atoms with Crippen LogP contribution in [0.4, 0.5) is 0 Å². The van der Waals surface area contributed by atoms with Gasteiger partial charge in [-0.05, 0) is 43.4 Å². The summed E-state index contributed by atoms with van der Waals surface area (Å²) >= 11 is 0. The molecule has 0 bridgehead atoms. The van der Waals surface area contributed by atoms with Crippen LogP contribution in [0.15, 0.2) is 0 Å². The van der Waals surface area contributed by atoms with Gasteiger partial charge < -0.3 is 15.4 Å². The van der Waals surface area contributed by atoms with Crippen LogP contribution in [0.3, 0.4) is 0 Å². The van der Waals surface area contributed by atoms with Crippen LogP contribution < -0.4 is 5.73 Å². The molecule has 0 spiro atoms. The smallest absolute Gasteiger partial charge is 0.239 e. The van der Waals surface area contributed by atoms with E-state index in [2.05, 4.69) is 13.8 Å². The summed E-state index contributed by atoms with van der Waals surface area (Å²) in [5, 5.41) is 0. The average molecular weight is 305 g/mol. The molecule has 0 aromatic heterocycles. The van der Waals surface area contributed by atoms with Gasteiger partial charge in [-0.25, -0.2) is 0 Å². The first kappa shape index (κ1) is 17.7. The monoisotopic (exact) mass is 304 g/mol. The van der Waals surface area contributed by atoms with Crippen molar-refractivity contribution < 1.29 is 9.53 Å². The number of likely N-dealkylation sites (tertiary alicyclic amines) is 1. The van der Waals surface area contributed by atoms with E-state index < -0.39 is 0 Å². The number of carbonyl (C=O) groups excluding carboxylic acids is 1. The lowest BCUT2D eigenvalue weighted by Gasteiger charge is -2.31. The molecule has 118 valence electrons. The number of rotatable bonds is 2. The normalized spacial score (nSPS) is 25.4. The van der Waals surface area contributed by atoms with Crippen molar-refractivity contribution >= 4 is 18.3 Å². The molecule has 0 radical (unpaired) electrons. The Kier molecular flexibility index (Phi) is 6.76. The lowest BCUT2D eigenvalue weighted by Crippen LogP contribution is -2.49. The van der Waals surface area contributed by atoms with E-state index >= 15 is 0 Å². The second kappa shape index (κ2) is 7.62. The number of amides is 1. The van der Waals surface area contributed by atoms with Crippen molar-refractivity contribution in [2.24, 2.45) is 17.1 Å². The van der Waals surface area contributed by atoms with E-state index in [4.69, 9.17) is 10.5 Å². The van der Waals surface area contributed by atoms with Crippen molar-refractivity contribution in [1.29, 1.82) is 0 Å². The molecule has 2 saturated heterocycles. The van der Waals surface area contributed by atoms with Gasteiger partial charge in [0.15, 0.2) is 0 Å². The molecular formula is C15H29ClN2O2. The van der Waals surface area contributed by atoms with Crippen molar-refractivity contribution in [3.63, 3.8) is 0 Å². The van der Waals surface area contributed by atoms with Crippen LogP contribution in [0, 0.1) is 11.3 Å². The van der Waals surface area contributed by atoms with E-state index in [9.17, 15) is 4.79 Å². The molecular weight excluding hydrogens is 276 g/mol. The number of ether oxygens (including phenoxy) is 1. The second-order valence-corrected chi connectivity index (χ2v) is 6.82. The predicted octanol–water partition coefficient (Wildman–Crippen LogP) is 2.20. The Morgan fingerprint density at radius 1 is 1.25 bits per heavy atom. The fraction of sp³-hybridized carbons (Fsp3) is 0.933. The van der Waals surface area contributed by atoms with Crippen LogP contribution in [0.1, 0.15) is 46.0 Å². The van der Waals surface area contributed by atoms with Gasteiger partial charge >= 0.3 is 0 Å². The number of nitrogens with zero attached hydrogens (tertiary/aromatic N) is 1. The molecule has 0 saturated carbocycles. The van der Waals surface area contributed by atoms with Gasteiger partial charge in [-0.1, -0.05) is 13.8 Å². The Morgan fingerprint density at radius 2 is 1.90 bits per heavy atom. The Bertz CT molecular complexity index is 317. The minimum absolute atomic E-state index is 0. The maximum Gasteiger partial charge on any atom is 0.239 e. The van der Waals surface area contributed by atoms with E-state index in [1.165, 1.54) is 6.42 Å². The highest BCUT2D eigenvalue weighted by molar-refractivity contribution is 5.85. The van der Waals surface area contributed by atoms with Gasteiger partial charge in [-0.3, -0.25) is 4.79 Å². The number of carbonyl (C=O) groups is 1. The van der Waals surface area contributed by atoms with Crippen molar-refractivity contribution in [2.75, 3.05) is 26.3 Å². The minimum atomic E-state index is -0.329. The van der Waals surface area contributed by atoms with Crippen molar-refractivity contribution in [1.82, 2.24) is 4.90 Å². The molecule has 2 N–H and O–H groups in total. The third-order valence-electron chi connectivity index (χ3n) is 4.71. The Labute approximate surface area is 128 Å². The lowest BCUT2D eigenvalue weighted by molar-refractivity contribution is -0.134. The summed E-state index contributed by atoms with van der Waals surface area (Å²) in [5.41, 5.74) is 6.55. The summed E-state index contributed by atoms with van der Waals surface area (Å²) < 4.78 is 5.34. The van der Waals surface area contributed by atoms with Crippen molar-refractivity contribution in [3.05, 3.63) is 0 Å². The first-order chi connectivity index (χ1) is 8.99. The van der Waals surface area contributed by atoms with Gasteiger partial charge in [-0.15, -0.1) is 12.4 Å². The minimum Gasteiger partial charge on any atom is -0.381 e. The first-order valence-corrected chi connectivity index (χ1v) is 7.62. The van der Waals surface area contributed by atoms with Crippen LogP contribution in [0.2, 0.25) is 0 Å². The summed E-state index contributed by atoms with van der Waals surface area (Å²) in [4.78, 5) is 14.5. The quantitative estimate of drug-likeness (QED) is 0.851. The standard InChI is InChI=1S/C15H28N2O2.ClH/c1-15(2)6-3-8-17(9-7-15)14(18)13(16)12-4-10-19-11-5-12;/h12-13H,3-11,16H2,1-2H3;1H. The maximum atomic E-state index is 12.5. The predicted molar refractivity (Wildman–Crippen MR) is 83.0 cm³/mol. The summed E-state index contributed by atoms with van der Waals surface area (Å²) in [5.74, 6) is 0.460. The highest BCUT2D eigenvalue weighted by Gasteiger charge is 2.32. The molecule has 1 unspecified atom stereocenters. The van der Waals surface area contributed by atoms with Crippen LogP contribution in [-0.4, -0.2) is 43.2 Å². The summed E-state index contributed by atoms with van der Waals surface area (Å²) in [6.45, 7) is 7.82. The van der Waals surface area contributed by atoms with Gasteiger partial charge in [-0.2, -0.15) is 0 Å². The average Bonchev–Trinajstić information content (AvgIpc) is 2.59. The van der Waals surface area contributed by atoms with Crippen molar-refractivity contribution in [2.45, 2.75) is 52.0 Å². The zero-order valence-corrected chi connectivity index (χ0v) is 13.6. The van der Waals surface area contributed by atoms with Crippen molar-refractivity contribution in [3.8, 4) is 0 Å². The largest absolute Gasteiger partial charge is 0.381 e. The Balaban J connectivity index is 0.00000200. The van der Waals surface area contributed by atoms with Gasteiger partial charge in [0.05, 0.1) is 6.04 Å². The van der Waals surface area contributed by atoms with Gasteiger partial charge in [0.1, 0.15) is 0 Å². The van der Waals surface area contributed by atoms with Crippen LogP contribution in [0.5, 0.6) is 0 Å². The highest BCUT2D eigenvalue weighted by atomic mass is 35.5. The molecule has 0 aromatic rings.